The summed E-state index contributed by atoms with van der Waals surface area (Å²) in [6.07, 6.45) is 8.28. The number of fused-ring (bicyclic) bond motifs is 1. The van der Waals surface area contributed by atoms with Crippen LogP contribution in [0.15, 0.2) is 42.0 Å². The molecule has 1 aromatic heterocycles. The summed E-state index contributed by atoms with van der Waals surface area (Å²) in [5.41, 5.74) is 3.08. The maximum atomic E-state index is 13.1. The molecule has 0 amide bonds. The number of para-hydroxylation sites is 1. The van der Waals surface area contributed by atoms with Crippen LogP contribution >= 0.6 is 0 Å². The van der Waals surface area contributed by atoms with Gasteiger partial charge in [-0.1, -0.05) is 50.5 Å². The van der Waals surface area contributed by atoms with Crippen molar-refractivity contribution in [3.8, 4) is 0 Å². The van der Waals surface area contributed by atoms with Crippen molar-refractivity contribution in [1.82, 2.24) is 9.88 Å². The number of hydrogen-bond acceptors (Lipinski definition) is 2. The number of H-pyrrole nitrogens is 1. The van der Waals surface area contributed by atoms with Gasteiger partial charge in [0.25, 0.3) is 0 Å². The average Bonchev–Trinajstić information content (AvgIpc) is 3.08. The molecule has 1 N–H and O–H groups in total. The predicted octanol–water partition coefficient (Wildman–Crippen LogP) is 5.20. The van der Waals surface area contributed by atoms with Crippen LogP contribution in [0.4, 0.5) is 0 Å². The van der Waals surface area contributed by atoms with E-state index in [4.69, 9.17) is 0 Å². The minimum absolute atomic E-state index is 0.0324. The maximum Gasteiger partial charge on any atom is 0.186 e. The summed E-state index contributed by atoms with van der Waals surface area (Å²) < 4.78 is 0. The van der Waals surface area contributed by atoms with Crippen LogP contribution in [0.25, 0.3) is 10.9 Å². The predicted molar refractivity (Wildman–Crippen MR) is 105 cm³/mol. The van der Waals surface area contributed by atoms with Crippen LogP contribution in [-0.2, 0) is 0 Å². The third-order valence-corrected chi connectivity index (χ3v) is 5.40. The van der Waals surface area contributed by atoms with Crippen LogP contribution in [0.2, 0.25) is 0 Å². The van der Waals surface area contributed by atoms with Crippen molar-refractivity contribution >= 4 is 16.7 Å². The molecule has 3 nitrogen and oxygen atoms in total. The maximum absolute atomic E-state index is 13.1. The molecule has 2 aromatic rings. The lowest BCUT2D eigenvalue weighted by Crippen LogP contribution is -2.38. The van der Waals surface area contributed by atoms with Gasteiger partial charge in [0.2, 0.25) is 0 Å². The first kappa shape index (κ1) is 17.9. The molecule has 3 heteroatoms. The van der Waals surface area contributed by atoms with Crippen molar-refractivity contribution in [3.05, 3.63) is 47.7 Å². The molecular weight excluding hydrogens is 308 g/mol. The van der Waals surface area contributed by atoms with E-state index in [0.717, 1.165) is 42.7 Å². The molecule has 1 aromatic carbocycles. The largest absolute Gasteiger partial charge is 0.352 e. The highest BCUT2D eigenvalue weighted by atomic mass is 16.1. The molecule has 1 fully saturated rings. The number of carbonyl (C=O) groups is 1. The molecule has 25 heavy (non-hydrogen) atoms. The Hall–Kier alpha value is -1.87. The smallest absolute Gasteiger partial charge is 0.186 e. The molecule has 0 spiro atoms. The Bertz CT molecular complexity index is 710. The van der Waals surface area contributed by atoms with Gasteiger partial charge in [-0.2, -0.15) is 0 Å². The molecule has 1 saturated heterocycles. The molecule has 0 radical (unpaired) electrons. The third-order valence-electron chi connectivity index (χ3n) is 5.40. The van der Waals surface area contributed by atoms with Gasteiger partial charge in [0.1, 0.15) is 0 Å². The zero-order chi connectivity index (χ0) is 17.6. The van der Waals surface area contributed by atoms with Gasteiger partial charge in [-0.3, -0.25) is 9.69 Å². The van der Waals surface area contributed by atoms with Gasteiger partial charge in [0, 0.05) is 23.4 Å². The Morgan fingerprint density at radius 1 is 1.28 bits per heavy atom. The van der Waals surface area contributed by atoms with Crippen molar-refractivity contribution in [2.24, 2.45) is 5.92 Å². The van der Waals surface area contributed by atoms with E-state index >= 15 is 0 Å². The van der Waals surface area contributed by atoms with Gasteiger partial charge in [-0.15, -0.1) is 0 Å². The van der Waals surface area contributed by atoms with Crippen molar-refractivity contribution in [2.45, 2.75) is 46.0 Å². The molecule has 0 bridgehead atoms. The number of aromatic nitrogens is 1. The molecule has 3 rings (SSSR count). The van der Waals surface area contributed by atoms with Crippen LogP contribution in [0.3, 0.4) is 0 Å². The number of nitrogens with zero attached hydrogens (tertiary/aromatic N) is 1. The highest BCUT2D eigenvalue weighted by Gasteiger charge is 2.30. The summed E-state index contributed by atoms with van der Waals surface area (Å²) in [6.45, 7) is 7.45. The fourth-order valence-corrected chi connectivity index (χ4v) is 3.88. The second-order valence-electron chi connectivity index (χ2n) is 7.18. The number of likely N-dealkylation sites (tertiary alicyclic amines) is 1. The van der Waals surface area contributed by atoms with Crippen molar-refractivity contribution < 1.29 is 4.79 Å². The number of rotatable bonds is 7. The molecule has 134 valence electrons. The second-order valence-corrected chi connectivity index (χ2v) is 7.18. The fraction of sp³-hybridized carbons (Fsp3) is 0.500. The summed E-state index contributed by atoms with van der Waals surface area (Å²) in [7, 11) is 0. The van der Waals surface area contributed by atoms with Crippen LogP contribution in [0, 0.1) is 5.92 Å². The van der Waals surface area contributed by atoms with E-state index in [9.17, 15) is 4.79 Å². The van der Waals surface area contributed by atoms with Crippen molar-refractivity contribution in [2.75, 3.05) is 19.6 Å². The SMILES string of the molecule is C/C=C1/CN(CCCCCC)CC[C@H]1C(=O)c1cc2ccccc2[nH]1. The van der Waals surface area contributed by atoms with E-state index in [1.165, 1.54) is 31.3 Å². The number of allylic oxidation sites excluding steroid dienone is 1. The first-order valence-electron chi connectivity index (χ1n) is 9.72. The number of Topliss-reactive ketones (excluding diaryl/α,β-unsaturated/α-hetero) is 1. The van der Waals surface area contributed by atoms with E-state index in [1.54, 1.807) is 0 Å². The first-order valence-corrected chi connectivity index (χ1v) is 9.72. The number of piperidine rings is 1. The van der Waals surface area contributed by atoms with Crippen LogP contribution < -0.4 is 0 Å². The first-order chi connectivity index (χ1) is 12.2. The van der Waals surface area contributed by atoms with Gasteiger partial charge in [0.15, 0.2) is 5.78 Å². The van der Waals surface area contributed by atoms with Gasteiger partial charge < -0.3 is 4.98 Å². The third kappa shape index (κ3) is 4.21. The molecule has 0 unspecified atom stereocenters. The monoisotopic (exact) mass is 338 g/mol. The van der Waals surface area contributed by atoms with E-state index in [2.05, 4.69) is 35.9 Å². The minimum Gasteiger partial charge on any atom is -0.352 e. The normalized spacial score (nSPS) is 20.4. The van der Waals surface area contributed by atoms with Crippen molar-refractivity contribution in [1.29, 1.82) is 0 Å². The Labute approximate surface area is 151 Å². The molecular formula is C22H30N2O. The Kier molecular flexibility index (Phi) is 6.09. The topological polar surface area (TPSA) is 36.1 Å². The van der Waals surface area contributed by atoms with Crippen LogP contribution in [0.5, 0.6) is 0 Å². The van der Waals surface area contributed by atoms with Gasteiger partial charge >= 0.3 is 0 Å². The van der Waals surface area contributed by atoms with Crippen LogP contribution in [-0.4, -0.2) is 35.3 Å². The Balaban J connectivity index is 1.65. The number of hydrogen-bond donors (Lipinski definition) is 1. The van der Waals surface area contributed by atoms with Gasteiger partial charge in [-0.25, -0.2) is 0 Å². The Morgan fingerprint density at radius 2 is 2.12 bits per heavy atom. The van der Waals surface area contributed by atoms with Gasteiger partial charge in [-0.05, 0) is 50.6 Å². The summed E-state index contributed by atoms with van der Waals surface area (Å²) in [5, 5.41) is 1.11. The molecule has 2 heterocycles. The number of unbranched alkanes of at least 4 members (excludes halogenated alkanes) is 3. The quantitative estimate of drug-likeness (QED) is 0.428. The highest BCUT2D eigenvalue weighted by molar-refractivity contribution is 6.02. The second kappa shape index (κ2) is 8.48. The number of aromatic amines is 1. The zero-order valence-electron chi connectivity index (χ0n) is 15.6. The van der Waals surface area contributed by atoms with Crippen molar-refractivity contribution in [3.63, 3.8) is 0 Å². The molecule has 0 saturated carbocycles. The average molecular weight is 338 g/mol. The van der Waals surface area contributed by atoms with Gasteiger partial charge in [0.05, 0.1) is 5.69 Å². The van der Waals surface area contributed by atoms with Crippen LogP contribution in [0.1, 0.15) is 56.4 Å². The fourth-order valence-electron chi connectivity index (χ4n) is 3.88. The summed E-state index contributed by atoms with van der Waals surface area (Å²) in [4.78, 5) is 18.9. The number of ketones is 1. The molecule has 0 aliphatic carbocycles. The Morgan fingerprint density at radius 3 is 2.88 bits per heavy atom. The van der Waals surface area contributed by atoms with E-state index in [0.29, 0.717) is 0 Å². The number of nitrogens with one attached hydrogen (secondary N) is 1. The summed E-state index contributed by atoms with van der Waals surface area (Å²) in [6, 6.07) is 10.1. The molecule has 1 aliphatic rings. The summed E-state index contributed by atoms with van der Waals surface area (Å²) >= 11 is 0. The number of carbonyl (C=O) groups excluding carboxylic acids is 1. The number of benzene rings is 1. The lowest BCUT2D eigenvalue weighted by Gasteiger charge is -2.33. The summed E-state index contributed by atoms with van der Waals surface area (Å²) in [5.74, 6) is 0.278. The van der Waals surface area contributed by atoms with E-state index < -0.39 is 0 Å². The molecule has 1 atom stereocenters. The zero-order valence-corrected chi connectivity index (χ0v) is 15.6. The lowest BCUT2D eigenvalue weighted by atomic mass is 9.86. The highest BCUT2D eigenvalue weighted by Crippen LogP contribution is 2.28. The standard InChI is InChI=1S/C22H30N2O/c1-3-5-6-9-13-24-14-12-19(17(4-2)16-24)22(25)21-15-18-10-7-8-11-20(18)23-21/h4,7-8,10-11,15,19,23H,3,5-6,9,12-14,16H2,1-2H3/b17-4-/t19-/m1/s1. The minimum atomic E-state index is 0.0324. The molecule has 1 aliphatic heterocycles. The van der Waals surface area contributed by atoms with E-state index in [-0.39, 0.29) is 11.7 Å². The van der Waals surface area contributed by atoms with E-state index in [1.807, 2.05) is 24.3 Å². The lowest BCUT2D eigenvalue weighted by molar-refractivity contribution is 0.0895.